The number of aromatic nitrogens is 2. The number of carbonyl (C=O) groups excluding carboxylic acids is 1. The van der Waals surface area contributed by atoms with Gasteiger partial charge in [0.1, 0.15) is 5.02 Å². The maximum Gasteiger partial charge on any atom is 0.270 e. The fraction of sp³-hybridized carbons (Fsp3) is 0.0588. The van der Waals surface area contributed by atoms with Gasteiger partial charge in [0.2, 0.25) is 0 Å². The lowest BCUT2D eigenvalue weighted by Crippen LogP contribution is -2.12. The molecule has 0 spiro atoms. The van der Waals surface area contributed by atoms with Crippen LogP contribution in [0.3, 0.4) is 0 Å². The molecule has 0 saturated heterocycles. The van der Waals surface area contributed by atoms with E-state index < -0.39 is 5.91 Å². The first kappa shape index (κ1) is 14.4. The van der Waals surface area contributed by atoms with E-state index in [4.69, 9.17) is 17.3 Å². The van der Waals surface area contributed by atoms with Crippen molar-refractivity contribution in [3.8, 4) is 16.9 Å². The molecule has 1 amide bonds. The van der Waals surface area contributed by atoms with Crippen LogP contribution in [0.1, 0.15) is 16.1 Å². The van der Waals surface area contributed by atoms with Gasteiger partial charge in [-0.25, -0.2) is 4.68 Å². The van der Waals surface area contributed by atoms with Crippen LogP contribution in [0.5, 0.6) is 0 Å². The van der Waals surface area contributed by atoms with Gasteiger partial charge in [-0.05, 0) is 19.1 Å². The predicted octanol–water partition coefficient (Wildman–Crippen LogP) is 3.60. The minimum atomic E-state index is -0.645. The quantitative estimate of drug-likeness (QED) is 0.803. The summed E-state index contributed by atoms with van der Waals surface area (Å²) in [5.74, 6) is -0.645. The van der Waals surface area contributed by atoms with Crippen molar-refractivity contribution in [2.24, 2.45) is 5.73 Å². The van der Waals surface area contributed by atoms with Gasteiger partial charge in [-0.1, -0.05) is 59.6 Å². The lowest BCUT2D eigenvalue weighted by atomic mass is 10.1. The number of rotatable bonds is 3. The highest BCUT2D eigenvalue weighted by atomic mass is 35.5. The van der Waals surface area contributed by atoms with Gasteiger partial charge in [0.15, 0.2) is 5.69 Å². The number of primary amides is 1. The molecule has 0 aliphatic rings. The van der Waals surface area contributed by atoms with E-state index in [0.717, 1.165) is 16.8 Å². The van der Waals surface area contributed by atoms with Crippen molar-refractivity contribution in [2.75, 3.05) is 0 Å². The van der Waals surface area contributed by atoms with Gasteiger partial charge in [-0.15, -0.1) is 0 Å². The minimum Gasteiger partial charge on any atom is -0.364 e. The van der Waals surface area contributed by atoms with Crippen LogP contribution in [-0.2, 0) is 0 Å². The Morgan fingerprint density at radius 3 is 2.32 bits per heavy atom. The lowest BCUT2D eigenvalue weighted by molar-refractivity contribution is 0.0995. The van der Waals surface area contributed by atoms with Gasteiger partial charge < -0.3 is 5.73 Å². The molecule has 0 unspecified atom stereocenters. The van der Waals surface area contributed by atoms with Crippen molar-refractivity contribution in [2.45, 2.75) is 6.92 Å². The van der Waals surface area contributed by atoms with Gasteiger partial charge >= 0.3 is 0 Å². The third-order valence-corrected chi connectivity index (χ3v) is 3.74. The van der Waals surface area contributed by atoms with Crippen LogP contribution in [0.4, 0.5) is 0 Å². The Balaban J connectivity index is 2.27. The number of nitrogens with zero attached hydrogens (tertiary/aromatic N) is 2. The first-order chi connectivity index (χ1) is 10.6. The highest BCUT2D eigenvalue weighted by molar-refractivity contribution is 6.36. The van der Waals surface area contributed by atoms with E-state index in [1.807, 2.05) is 61.5 Å². The summed E-state index contributed by atoms with van der Waals surface area (Å²) in [6.07, 6.45) is 0. The molecule has 0 aliphatic heterocycles. The average Bonchev–Trinajstić information content (AvgIpc) is 2.86. The zero-order valence-corrected chi connectivity index (χ0v) is 12.7. The number of halogens is 1. The summed E-state index contributed by atoms with van der Waals surface area (Å²) in [6.45, 7) is 2.01. The van der Waals surface area contributed by atoms with Crippen molar-refractivity contribution in [3.63, 3.8) is 0 Å². The molecule has 0 radical (unpaired) electrons. The van der Waals surface area contributed by atoms with Crippen LogP contribution < -0.4 is 5.73 Å². The number of amides is 1. The number of carbonyl (C=O) groups is 1. The maximum atomic E-state index is 11.6. The summed E-state index contributed by atoms with van der Waals surface area (Å²) in [7, 11) is 0. The van der Waals surface area contributed by atoms with Gasteiger partial charge in [0.25, 0.3) is 5.91 Å². The summed E-state index contributed by atoms with van der Waals surface area (Å²) in [6, 6.07) is 17.4. The Kier molecular flexibility index (Phi) is 3.69. The van der Waals surface area contributed by atoms with Crippen LogP contribution in [0, 0.1) is 6.92 Å². The largest absolute Gasteiger partial charge is 0.364 e. The molecule has 3 aromatic rings. The van der Waals surface area contributed by atoms with Gasteiger partial charge in [0.05, 0.1) is 11.4 Å². The Morgan fingerprint density at radius 1 is 1.09 bits per heavy atom. The third kappa shape index (κ3) is 2.49. The molecule has 3 rings (SSSR count). The molecule has 0 fully saturated rings. The minimum absolute atomic E-state index is 0.0705. The molecule has 2 aromatic carbocycles. The van der Waals surface area contributed by atoms with Crippen molar-refractivity contribution in [3.05, 3.63) is 70.9 Å². The van der Waals surface area contributed by atoms with E-state index in [1.54, 1.807) is 4.68 Å². The standard InChI is InChI=1S/C17H14ClN3O/c1-11-7-9-13(10-8-11)21-16(12-5-3-2-4-6-12)14(18)15(20-21)17(19)22/h2-10H,1H3,(H2,19,22). The van der Waals surface area contributed by atoms with Crippen LogP contribution in [0.2, 0.25) is 5.02 Å². The topological polar surface area (TPSA) is 60.9 Å². The van der Waals surface area contributed by atoms with Gasteiger partial charge in [-0.3, -0.25) is 4.79 Å². The van der Waals surface area contributed by atoms with Crippen LogP contribution in [-0.4, -0.2) is 15.7 Å². The average molecular weight is 312 g/mol. The summed E-state index contributed by atoms with van der Waals surface area (Å²) in [4.78, 5) is 11.6. The Bertz CT molecular complexity index is 823. The molecule has 0 saturated carbocycles. The number of aryl methyl sites for hydroxylation is 1. The van der Waals surface area contributed by atoms with E-state index in [-0.39, 0.29) is 10.7 Å². The van der Waals surface area contributed by atoms with Gasteiger partial charge in [0, 0.05) is 5.56 Å². The molecule has 0 aliphatic carbocycles. The monoisotopic (exact) mass is 311 g/mol. The molecule has 5 heteroatoms. The number of nitrogens with two attached hydrogens (primary N) is 1. The molecule has 0 bridgehead atoms. The van der Waals surface area contributed by atoms with Crippen LogP contribution >= 0.6 is 11.6 Å². The second-order valence-electron chi connectivity index (χ2n) is 4.99. The smallest absolute Gasteiger partial charge is 0.270 e. The van der Waals surface area contributed by atoms with E-state index in [1.165, 1.54) is 0 Å². The number of benzene rings is 2. The van der Waals surface area contributed by atoms with E-state index in [2.05, 4.69) is 5.10 Å². The Labute approximate surface area is 133 Å². The molecule has 4 nitrogen and oxygen atoms in total. The molecule has 1 heterocycles. The zero-order valence-electron chi connectivity index (χ0n) is 12.0. The SMILES string of the molecule is Cc1ccc(-n2nc(C(N)=O)c(Cl)c2-c2ccccc2)cc1. The maximum absolute atomic E-state index is 11.6. The molecule has 1 aromatic heterocycles. The highest BCUT2D eigenvalue weighted by Crippen LogP contribution is 2.32. The molecular formula is C17H14ClN3O. The van der Waals surface area contributed by atoms with Crippen LogP contribution in [0.25, 0.3) is 16.9 Å². The first-order valence-electron chi connectivity index (χ1n) is 6.78. The van der Waals surface area contributed by atoms with Crippen LogP contribution in [0.15, 0.2) is 54.6 Å². The molecule has 22 heavy (non-hydrogen) atoms. The number of hydrogen-bond donors (Lipinski definition) is 1. The van der Waals surface area contributed by atoms with E-state index >= 15 is 0 Å². The fourth-order valence-corrected chi connectivity index (χ4v) is 2.59. The molecule has 110 valence electrons. The third-order valence-electron chi connectivity index (χ3n) is 3.39. The predicted molar refractivity (Wildman–Crippen MR) is 87.3 cm³/mol. The number of hydrogen-bond acceptors (Lipinski definition) is 2. The van der Waals surface area contributed by atoms with E-state index in [0.29, 0.717) is 5.69 Å². The first-order valence-corrected chi connectivity index (χ1v) is 7.16. The van der Waals surface area contributed by atoms with Crippen molar-refractivity contribution in [1.82, 2.24) is 9.78 Å². The Morgan fingerprint density at radius 2 is 1.73 bits per heavy atom. The van der Waals surface area contributed by atoms with Crippen molar-refractivity contribution < 1.29 is 4.79 Å². The second kappa shape index (κ2) is 5.66. The second-order valence-corrected chi connectivity index (χ2v) is 5.37. The normalized spacial score (nSPS) is 10.6. The fourth-order valence-electron chi connectivity index (χ4n) is 2.27. The molecular weight excluding hydrogens is 298 g/mol. The summed E-state index contributed by atoms with van der Waals surface area (Å²) >= 11 is 6.36. The summed E-state index contributed by atoms with van der Waals surface area (Å²) in [5, 5.41) is 4.56. The van der Waals surface area contributed by atoms with Gasteiger partial charge in [-0.2, -0.15) is 5.10 Å². The molecule has 2 N–H and O–H groups in total. The summed E-state index contributed by atoms with van der Waals surface area (Å²) < 4.78 is 1.65. The van der Waals surface area contributed by atoms with E-state index in [9.17, 15) is 4.79 Å². The summed E-state index contributed by atoms with van der Waals surface area (Å²) in [5.41, 5.74) is 8.93. The zero-order chi connectivity index (χ0) is 15.7. The molecule has 0 atom stereocenters. The highest BCUT2D eigenvalue weighted by Gasteiger charge is 2.21. The van der Waals surface area contributed by atoms with Crippen molar-refractivity contribution in [1.29, 1.82) is 0 Å². The Hall–Kier alpha value is -2.59. The lowest BCUT2D eigenvalue weighted by Gasteiger charge is -2.08. The van der Waals surface area contributed by atoms with Crippen molar-refractivity contribution >= 4 is 17.5 Å².